The Balaban J connectivity index is 2.25. The van der Waals surface area contributed by atoms with Crippen LogP contribution in [-0.2, 0) is 18.4 Å². The van der Waals surface area contributed by atoms with Gasteiger partial charge >= 0.3 is 0 Å². The van der Waals surface area contributed by atoms with E-state index >= 15 is 0 Å². The molecule has 0 saturated carbocycles. The van der Waals surface area contributed by atoms with Crippen molar-refractivity contribution in [2.45, 2.75) is 57.9 Å². The van der Waals surface area contributed by atoms with Crippen molar-refractivity contribution in [3.63, 3.8) is 0 Å². The Morgan fingerprint density at radius 1 is 1.30 bits per heavy atom. The molecule has 0 N–H and O–H groups in total. The van der Waals surface area contributed by atoms with Gasteiger partial charge in [0.15, 0.2) is 0 Å². The smallest absolute Gasteiger partial charge is 0.126 e. The first-order valence-corrected chi connectivity index (χ1v) is 7.83. The summed E-state index contributed by atoms with van der Waals surface area (Å²) in [5.41, 5.74) is 6.20. The van der Waals surface area contributed by atoms with Gasteiger partial charge in [-0.25, -0.2) is 0 Å². The Morgan fingerprint density at radius 2 is 2.05 bits per heavy atom. The van der Waals surface area contributed by atoms with Gasteiger partial charge in [-0.3, -0.25) is 0 Å². The Morgan fingerprint density at radius 3 is 2.70 bits per heavy atom. The maximum absolute atomic E-state index is 5.86. The molecule has 0 saturated heterocycles. The highest BCUT2D eigenvalue weighted by Crippen LogP contribution is 2.46. The minimum absolute atomic E-state index is 0.139. The first-order chi connectivity index (χ1) is 9.41. The molecule has 1 heterocycles. The second-order valence-electron chi connectivity index (χ2n) is 7.54. The molecule has 1 aliphatic heterocycles. The average molecular weight is 273 g/mol. The second-order valence-corrected chi connectivity index (χ2v) is 7.54. The molecule has 2 nitrogen and oxygen atoms in total. The Kier molecular flexibility index (Phi) is 3.32. The first-order valence-electron chi connectivity index (χ1n) is 7.83. The van der Waals surface area contributed by atoms with Gasteiger partial charge in [-0.15, -0.1) is 0 Å². The molecule has 0 fully saturated rings. The molecule has 1 unspecified atom stereocenters. The molecule has 2 aliphatic rings. The second kappa shape index (κ2) is 4.77. The van der Waals surface area contributed by atoms with E-state index in [9.17, 15) is 0 Å². The van der Waals surface area contributed by atoms with E-state index in [1.807, 2.05) is 7.11 Å². The summed E-state index contributed by atoms with van der Waals surface area (Å²) < 4.78 is 5.86. The van der Waals surface area contributed by atoms with Gasteiger partial charge in [-0.1, -0.05) is 20.8 Å². The molecule has 110 valence electrons. The molecule has 0 spiro atoms. The van der Waals surface area contributed by atoms with Crippen LogP contribution >= 0.6 is 0 Å². The molecular weight excluding hydrogens is 246 g/mol. The fraction of sp³-hybridized carbons (Fsp3) is 0.667. The molecular formula is C18H27NO. The minimum Gasteiger partial charge on any atom is -0.496 e. The lowest BCUT2D eigenvalue weighted by molar-refractivity contribution is 0.263. The zero-order valence-corrected chi connectivity index (χ0v) is 13.5. The number of hydrogen-bond acceptors (Lipinski definition) is 2. The van der Waals surface area contributed by atoms with E-state index < -0.39 is 0 Å². The number of ether oxygens (including phenoxy) is 1. The zero-order valence-electron chi connectivity index (χ0n) is 13.5. The molecule has 1 aliphatic carbocycles. The largest absolute Gasteiger partial charge is 0.496 e. The normalized spacial score (nSPS) is 22.6. The molecule has 20 heavy (non-hydrogen) atoms. The van der Waals surface area contributed by atoms with Crippen molar-refractivity contribution in [3.05, 3.63) is 28.3 Å². The topological polar surface area (TPSA) is 12.5 Å². The van der Waals surface area contributed by atoms with E-state index in [2.05, 4.69) is 38.8 Å². The Hall–Kier alpha value is -1.02. The molecule has 1 atom stereocenters. The van der Waals surface area contributed by atoms with Crippen LogP contribution in [0, 0.1) is 0 Å². The van der Waals surface area contributed by atoms with Crippen LogP contribution in [0.5, 0.6) is 5.75 Å². The van der Waals surface area contributed by atoms with Crippen LogP contribution in [0.15, 0.2) is 6.07 Å². The van der Waals surface area contributed by atoms with Crippen LogP contribution in [0.4, 0.5) is 0 Å². The summed E-state index contributed by atoms with van der Waals surface area (Å²) >= 11 is 0. The molecule has 0 amide bonds. The van der Waals surface area contributed by atoms with E-state index in [0.29, 0.717) is 0 Å². The standard InChI is InChI=1S/C18H27NO/c1-18(2,3)15-9-13-11-19(4)10-12-7-6-8-14(16(12)13)17(15)20-5/h9,12H,6-8,10-11H2,1-5H3. The zero-order chi connectivity index (χ0) is 14.5. The summed E-state index contributed by atoms with van der Waals surface area (Å²) in [6.07, 6.45) is 3.83. The van der Waals surface area contributed by atoms with Crippen molar-refractivity contribution in [1.82, 2.24) is 4.90 Å². The molecule has 3 rings (SSSR count). The van der Waals surface area contributed by atoms with Crippen LogP contribution in [0.25, 0.3) is 0 Å². The van der Waals surface area contributed by atoms with E-state index in [0.717, 1.165) is 12.5 Å². The molecule has 2 heteroatoms. The number of methoxy groups -OCH3 is 1. The van der Waals surface area contributed by atoms with Crippen LogP contribution in [0.2, 0.25) is 0 Å². The Bertz CT molecular complexity index is 527. The third-order valence-electron chi connectivity index (χ3n) is 4.88. The van der Waals surface area contributed by atoms with Crippen molar-refractivity contribution in [1.29, 1.82) is 0 Å². The molecule has 0 bridgehead atoms. The summed E-state index contributed by atoms with van der Waals surface area (Å²) in [5.74, 6) is 1.89. The summed E-state index contributed by atoms with van der Waals surface area (Å²) in [5, 5.41) is 0. The summed E-state index contributed by atoms with van der Waals surface area (Å²) in [6, 6.07) is 2.42. The van der Waals surface area contributed by atoms with E-state index in [1.54, 1.807) is 11.1 Å². The van der Waals surface area contributed by atoms with E-state index in [1.165, 1.54) is 42.7 Å². The van der Waals surface area contributed by atoms with Crippen molar-refractivity contribution >= 4 is 0 Å². The van der Waals surface area contributed by atoms with E-state index in [4.69, 9.17) is 4.74 Å². The Labute approximate surface area is 123 Å². The predicted octanol–water partition coefficient (Wildman–Crippen LogP) is 3.86. The summed E-state index contributed by atoms with van der Waals surface area (Å²) in [4.78, 5) is 2.47. The van der Waals surface area contributed by atoms with Crippen LogP contribution in [0.1, 0.15) is 61.8 Å². The fourth-order valence-electron chi connectivity index (χ4n) is 4.06. The van der Waals surface area contributed by atoms with Crippen LogP contribution in [-0.4, -0.2) is 25.6 Å². The average Bonchev–Trinajstić information content (AvgIpc) is 2.37. The maximum atomic E-state index is 5.86. The van der Waals surface area contributed by atoms with Crippen molar-refractivity contribution in [2.24, 2.45) is 0 Å². The number of hydrogen-bond donors (Lipinski definition) is 0. The number of nitrogens with zero attached hydrogens (tertiary/aromatic N) is 1. The molecule has 1 aromatic rings. The molecule has 1 aromatic carbocycles. The van der Waals surface area contributed by atoms with Crippen LogP contribution < -0.4 is 4.74 Å². The quantitative estimate of drug-likeness (QED) is 0.770. The van der Waals surface area contributed by atoms with Gasteiger partial charge in [0, 0.05) is 18.7 Å². The monoisotopic (exact) mass is 273 g/mol. The highest BCUT2D eigenvalue weighted by atomic mass is 16.5. The van der Waals surface area contributed by atoms with E-state index in [-0.39, 0.29) is 5.41 Å². The molecule has 0 aromatic heterocycles. The number of benzene rings is 1. The SMILES string of the molecule is COc1c(C(C)(C)C)cc2c3c1CCCC3CN(C)C2. The van der Waals surface area contributed by atoms with Gasteiger partial charge in [0.2, 0.25) is 0 Å². The summed E-state index contributed by atoms with van der Waals surface area (Å²) in [7, 11) is 4.09. The highest BCUT2D eigenvalue weighted by Gasteiger charge is 2.33. The van der Waals surface area contributed by atoms with Crippen molar-refractivity contribution in [2.75, 3.05) is 20.7 Å². The van der Waals surface area contributed by atoms with Gasteiger partial charge in [-0.05, 0) is 60.4 Å². The third kappa shape index (κ3) is 2.14. The first kappa shape index (κ1) is 13.9. The summed E-state index contributed by atoms with van der Waals surface area (Å²) in [6.45, 7) is 9.16. The van der Waals surface area contributed by atoms with Crippen LogP contribution in [0.3, 0.4) is 0 Å². The van der Waals surface area contributed by atoms with Crippen molar-refractivity contribution in [3.8, 4) is 5.75 Å². The number of likely N-dealkylation sites (N-methyl/N-ethyl adjacent to an activating group) is 1. The van der Waals surface area contributed by atoms with Crippen molar-refractivity contribution < 1.29 is 4.74 Å². The fourth-order valence-corrected chi connectivity index (χ4v) is 4.06. The molecule has 0 radical (unpaired) electrons. The lowest BCUT2D eigenvalue weighted by Gasteiger charge is -2.39. The van der Waals surface area contributed by atoms with Gasteiger partial charge in [0.1, 0.15) is 5.75 Å². The lowest BCUT2D eigenvalue weighted by atomic mass is 9.73. The minimum atomic E-state index is 0.139. The van der Waals surface area contributed by atoms with Gasteiger partial charge in [0.25, 0.3) is 0 Å². The predicted molar refractivity (Wildman–Crippen MR) is 83.7 cm³/mol. The van der Waals surface area contributed by atoms with Gasteiger partial charge in [-0.2, -0.15) is 0 Å². The highest BCUT2D eigenvalue weighted by molar-refractivity contribution is 5.56. The van der Waals surface area contributed by atoms with Gasteiger partial charge in [0.05, 0.1) is 7.11 Å². The lowest BCUT2D eigenvalue weighted by Crippen LogP contribution is -2.34. The maximum Gasteiger partial charge on any atom is 0.126 e. The number of rotatable bonds is 1. The van der Waals surface area contributed by atoms with Gasteiger partial charge < -0.3 is 9.64 Å². The third-order valence-corrected chi connectivity index (χ3v) is 4.88.